The molecule has 0 radical (unpaired) electrons. The average Bonchev–Trinajstić information content (AvgIpc) is 3.08. The fourth-order valence-corrected chi connectivity index (χ4v) is 4.55. The normalized spacial score (nSPS) is 14.5. The molecule has 0 N–H and O–H groups in total. The quantitative estimate of drug-likeness (QED) is 0.209. The van der Waals surface area contributed by atoms with Gasteiger partial charge >= 0.3 is 0 Å². The highest BCUT2D eigenvalue weighted by atomic mass is 35.5. The van der Waals surface area contributed by atoms with E-state index in [1.54, 1.807) is 30.2 Å². The number of halogens is 2. The van der Waals surface area contributed by atoms with E-state index in [0.29, 0.717) is 51.3 Å². The van der Waals surface area contributed by atoms with Crippen molar-refractivity contribution in [2.24, 2.45) is 0 Å². The van der Waals surface area contributed by atoms with Crippen molar-refractivity contribution in [3.8, 4) is 17.2 Å². The maximum atomic E-state index is 13.4. The highest BCUT2D eigenvalue weighted by molar-refractivity contribution is 7.80. The minimum atomic E-state index is -0.215. The van der Waals surface area contributed by atoms with Gasteiger partial charge in [0.2, 0.25) is 0 Å². The summed E-state index contributed by atoms with van der Waals surface area (Å²) >= 11 is 17.8. The third-order valence-corrected chi connectivity index (χ3v) is 6.68. The largest absolute Gasteiger partial charge is 0.494 e. The van der Waals surface area contributed by atoms with Gasteiger partial charge in [-0.25, -0.2) is 0 Å². The zero-order valence-corrected chi connectivity index (χ0v) is 23.0. The Morgan fingerprint density at radius 2 is 1.62 bits per heavy atom. The number of carbonyl (C=O) groups is 1. The van der Waals surface area contributed by atoms with Crippen LogP contribution in [0.4, 0.5) is 5.69 Å². The molecule has 4 rings (SSSR count). The van der Waals surface area contributed by atoms with E-state index in [9.17, 15) is 4.79 Å². The highest BCUT2D eigenvalue weighted by Gasteiger charge is 2.36. The molecule has 1 saturated heterocycles. The lowest BCUT2D eigenvalue weighted by Crippen LogP contribution is -2.31. The number of benzene rings is 3. The molecule has 1 fully saturated rings. The maximum Gasteiger partial charge on any atom is 0.281 e. The van der Waals surface area contributed by atoms with E-state index in [2.05, 4.69) is 0 Å². The molecule has 3 aromatic rings. The number of carbonyl (C=O) groups excluding carboxylic acids is 1. The molecule has 3 aromatic carbocycles. The fourth-order valence-electron chi connectivity index (χ4n) is 3.80. The van der Waals surface area contributed by atoms with Crippen molar-refractivity contribution in [3.63, 3.8) is 0 Å². The summed E-state index contributed by atoms with van der Waals surface area (Å²) < 4.78 is 17.3. The van der Waals surface area contributed by atoms with Gasteiger partial charge in [0.05, 0.1) is 18.9 Å². The third-order valence-electron chi connectivity index (χ3n) is 5.64. The van der Waals surface area contributed by atoms with E-state index in [0.717, 1.165) is 16.9 Å². The Morgan fingerprint density at radius 3 is 2.30 bits per heavy atom. The number of ether oxygens (including phenoxy) is 3. The van der Waals surface area contributed by atoms with E-state index in [-0.39, 0.29) is 12.5 Å². The summed E-state index contributed by atoms with van der Waals surface area (Å²) in [6.45, 7) is 5.09. The van der Waals surface area contributed by atoms with Crippen LogP contribution in [0.1, 0.15) is 25.0 Å². The second-order valence-corrected chi connectivity index (χ2v) is 9.31. The summed E-state index contributed by atoms with van der Waals surface area (Å²) in [5.41, 5.74) is 2.70. The van der Waals surface area contributed by atoms with Crippen LogP contribution in [0, 0.1) is 0 Å². The van der Waals surface area contributed by atoms with Crippen molar-refractivity contribution in [2.75, 3.05) is 25.2 Å². The number of amides is 1. The molecule has 192 valence electrons. The second kappa shape index (κ2) is 11.9. The standard InChI is InChI=1S/C28H26Cl2N2O4S/c1-4-34-22-11-9-21(10-12-22)32-27(33)24(31(3)28(32)37)14-18-6-13-25(26(15-18)35-5-2)36-17-19-7-8-20(29)16-23(19)30/h6-16H,4-5,17H2,1-3H3/b24-14-. The Balaban J connectivity index is 1.57. The number of hydrogen-bond donors (Lipinski definition) is 0. The Bertz CT molecular complexity index is 1340. The predicted octanol–water partition coefficient (Wildman–Crippen LogP) is 6.97. The van der Waals surface area contributed by atoms with Crippen LogP contribution >= 0.6 is 35.4 Å². The molecule has 0 atom stereocenters. The van der Waals surface area contributed by atoms with E-state index < -0.39 is 0 Å². The molecule has 1 aliphatic rings. The van der Waals surface area contributed by atoms with Gasteiger partial charge in [-0.15, -0.1) is 0 Å². The lowest BCUT2D eigenvalue weighted by Gasteiger charge is -2.16. The number of nitrogens with zero attached hydrogens (tertiary/aromatic N) is 2. The number of likely N-dealkylation sites (N-methyl/N-ethyl adjacent to an activating group) is 1. The van der Waals surface area contributed by atoms with Crippen molar-refractivity contribution in [3.05, 3.63) is 87.5 Å². The molecule has 0 unspecified atom stereocenters. The third kappa shape index (κ3) is 6.01. The summed E-state index contributed by atoms with van der Waals surface area (Å²) in [5.74, 6) is 1.64. The zero-order valence-electron chi connectivity index (χ0n) is 20.7. The van der Waals surface area contributed by atoms with Crippen LogP contribution in [0.3, 0.4) is 0 Å². The fraction of sp³-hybridized carbons (Fsp3) is 0.214. The number of rotatable bonds is 9. The van der Waals surface area contributed by atoms with Crippen molar-refractivity contribution < 1.29 is 19.0 Å². The van der Waals surface area contributed by atoms with Gasteiger partial charge in [0, 0.05) is 22.7 Å². The molecule has 37 heavy (non-hydrogen) atoms. The molecule has 0 saturated carbocycles. The van der Waals surface area contributed by atoms with Crippen LogP contribution in [0.15, 0.2) is 66.4 Å². The van der Waals surface area contributed by atoms with Gasteiger partial charge in [0.25, 0.3) is 5.91 Å². The molecule has 0 spiro atoms. The minimum Gasteiger partial charge on any atom is -0.494 e. The molecular formula is C28H26Cl2N2O4S. The Hall–Kier alpha value is -3.26. The zero-order chi connectivity index (χ0) is 26.5. The molecular weight excluding hydrogens is 531 g/mol. The van der Waals surface area contributed by atoms with Crippen molar-refractivity contribution >= 4 is 58.2 Å². The maximum absolute atomic E-state index is 13.4. The Labute approximate surface area is 231 Å². The van der Waals surface area contributed by atoms with Crippen LogP contribution < -0.4 is 19.1 Å². The molecule has 0 bridgehead atoms. The lowest BCUT2D eigenvalue weighted by atomic mass is 10.1. The van der Waals surface area contributed by atoms with Crippen LogP contribution in [0.25, 0.3) is 6.08 Å². The van der Waals surface area contributed by atoms with E-state index in [1.807, 2.05) is 62.4 Å². The second-order valence-electron chi connectivity index (χ2n) is 8.10. The Kier molecular flexibility index (Phi) is 8.59. The van der Waals surface area contributed by atoms with E-state index in [1.165, 1.54) is 4.90 Å². The molecule has 1 aliphatic heterocycles. The Morgan fingerprint density at radius 1 is 0.892 bits per heavy atom. The highest BCUT2D eigenvalue weighted by Crippen LogP contribution is 2.33. The van der Waals surface area contributed by atoms with Crippen molar-refractivity contribution in [1.29, 1.82) is 0 Å². The van der Waals surface area contributed by atoms with Gasteiger partial charge in [-0.05, 0) is 86.2 Å². The van der Waals surface area contributed by atoms with Gasteiger partial charge < -0.3 is 19.1 Å². The van der Waals surface area contributed by atoms with E-state index >= 15 is 0 Å². The minimum absolute atomic E-state index is 0.215. The molecule has 0 aromatic heterocycles. The summed E-state index contributed by atoms with van der Waals surface area (Å²) in [7, 11) is 1.78. The molecule has 1 amide bonds. The number of anilines is 1. The first-order chi connectivity index (χ1) is 17.8. The molecule has 0 aliphatic carbocycles. The van der Waals surface area contributed by atoms with Gasteiger partial charge in [-0.1, -0.05) is 35.3 Å². The SMILES string of the molecule is CCOc1ccc(N2C(=O)/C(=C/c3ccc(OCc4ccc(Cl)cc4Cl)c(OCC)c3)N(C)C2=S)cc1. The summed E-state index contributed by atoms with van der Waals surface area (Å²) in [5, 5.41) is 1.49. The number of hydrogen-bond acceptors (Lipinski definition) is 5. The lowest BCUT2D eigenvalue weighted by molar-refractivity contribution is -0.114. The van der Waals surface area contributed by atoms with Crippen LogP contribution in [0.2, 0.25) is 10.0 Å². The monoisotopic (exact) mass is 556 g/mol. The van der Waals surface area contributed by atoms with Gasteiger partial charge in [0.1, 0.15) is 18.1 Å². The smallest absolute Gasteiger partial charge is 0.281 e. The first kappa shape index (κ1) is 26.8. The molecule has 1 heterocycles. The van der Waals surface area contributed by atoms with Gasteiger partial charge in [-0.2, -0.15) is 0 Å². The van der Waals surface area contributed by atoms with E-state index in [4.69, 9.17) is 49.6 Å². The molecule has 6 nitrogen and oxygen atoms in total. The van der Waals surface area contributed by atoms with Crippen molar-refractivity contribution in [1.82, 2.24) is 4.90 Å². The predicted molar refractivity (Wildman–Crippen MR) is 152 cm³/mol. The first-order valence-electron chi connectivity index (χ1n) is 11.7. The van der Waals surface area contributed by atoms with Gasteiger partial charge in [-0.3, -0.25) is 9.69 Å². The number of thiocarbonyl (C=S) groups is 1. The topological polar surface area (TPSA) is 51.2 Å². The van der Waals surface area contributed by atoms with Crippen LogP contribution in [-0.4, -0.2) is 36.2 Å². The summed E-state index contributed by atoms with van der Waals surface area (Å²) in [4.78, 5) is 16.6. The summed E-state index contributed by atoms with van der Waals surface area (Å²) in [6, 6.07) is 18.0. The molecule has 9 heteroatoms. The van der Waals surface area contributed by atoms with Crippen LogP contribution in [-0.2, 0) is 11.4 Å². The average molecular weight is 557 g/mol. The first-order valence-corrected chi connectivity index (χ1v) is 12.9. The van der Waals surface area contributed by atoms with Crippen molar-refractivity contribution in [2.45, 2.75) is 20.5 Å². The van der Waals surface area contributed by atoms with Crippen LogP contribution in [0.5, 0.6) is 17.2 Å². The summed E-state index contributed by atoms with van der Waals surface area (Å²) in [6.07, 6.45) is 1.78. The van der Waals surface area contributed by atoms with Gasteiger partial charge in [0.15, 0.2) is 16.6 Å².